The summed E-state index contributed by atoms with van der Waals surface area (Å²) in [6.45, 7) is 3.87. The van der Waals surface area contributed by atoms with Crippen LogP contribution in [-0.4, -0.2) is 6.29 Å². The Bertz CT molecular complexity index is 349. The third kappa shape index (κ3) is 2.28. The molecule has 0 heterocycles. The summed E-state index contributed by atoms with van der Waals surface area (Å²) in [6, 6.07) is 7.84. The number of hydrogen-bond acceptors (Lipinski definition) is 1. The molecule has 0 aromatic heterocycles. The number of carbonyl (C=O) groups is 1. The molecular formula is C11H11BrO. The van der Waals surface area contributed by atoms with Gasteiger partial charge in [0.2, 0.25) is 0 Å². The largest absolute Gasteiger partial charge is 0.298 e. The van der Waals surface area contributed by atoms with Crippen molar-refractivity contribution in [1.29, 1.82) is 0 Å². The van der Waals surface area contributed by atoms with Gasteiger partial charge in [0.05, 0.1) is 0 Å². The van der Waals surface area contributed by atoms with E-state index in [9.17, 15) is 4.79 Å². The van der Waals surface area contributed by atoms with Gasteiger partial charge < -0.3 is 0 Å². The number of aryl methyl sites for hydroxylation is 1. The fraction of sp³-hybridized carbons (Fsp3) is 0.182. The van der Waals surface area contributed by atoms with Gasteiger partial charge in [-0.1, -0.05) is 40.2 Å². The van der Waals surface area contributed by atoms with E-state index >= 15 is 0 Å². The van der Waals surface area contributed by atoms with E-state index in [0.29, 0.717) is 0 Å². The predicted molar refractivity (Wildman–Crippen MR) is 58.8 cm³/mol. The van der Waals surface area contributed by atoms with Crippen LogP contribution in [0.5, 0.6) is 0 Å². The normalized spacial score (nSPS) is 12.2. The smallest absolute Gasteiger partial charge is 0.151 e. The molecular weight excluding hydrogens is 228 g/mol. The standard InChI is InChI=1S/C11H11BrO/c1-8-5-3-4-6-10(8)11(7-13)9(2)12/h3-7H,1-2H3/b11-9+. The van der Waals surface area contributed by atoms with E-state index in [4.69, 9.17) is 0 Å². The lowest BCUT2D eigenvalue weighted by molar-refractivity contribution is -0.103. The number of benzene rings is 1. The molecule has 0 saturated heterocycles. The Morgan fingerprint density at radius 3 is 2.46 bits per heavy atom. The molecule has 0 unspecified atom stereocenters. The molecule has 2 heteroatoms. The summed E-state index contributed by atoms with van der Waals surface area (Å²) in [4.78, 5) is 10.8. The third-order valence-electron chi connectivity index (χ3n) is 1.92. The van der Waals surface area contributed by atoms with Gasteiger partial charge >= 0.3 is 0 Å². The van der Waals surface area contributed by atoms with Gasteiger partial charge in [-0.2, -0.15) is 0 Å². The second kappa shape index (κ2) is 4.38. The van der Waals surface area contributed by atoms with E-state index < -0.39 is 0 Å². The van der Waals surface area contributed by atoms with Crippen LogP contribution in [0.15, 0.2) is 28.7 Å². The molecule has 0 spiro atoms. The predicted octanol–water partition coefficient (Wildman–Crippen LogP) is 3.32. The van der Waals surface area contributed by atoms with E-state index in [2.05, 4.69) is 15.9 Å². The molecule has 1 rings (SSSR count). The number of carbonyl (C=O) groups excluding carboxylic acids is 1. The molecule has 0 amide bonds. The summed E-state index contributed by atoms with van der Waals surface area (Å²) in [5.74, 6) is 0. The van der Waals surface area contributed by atoms with Crippen molar-refractivity contribution >= 4 is 27.8 Å². The van der Waals surface area contributed by atoms with Crippen LogP contribution in [-0.2, 0) is 4.79 Å². The van der Waals surface area contributed by atoms with Gasteiger partial charge in [-0.25, -0.2) is 0 Å². The molecule has 1 aromatic rings. The molecule has 0 fully saturated rings. The van der Waals surface area contributed by atoms with E-state index in [1.54, 1.807) is 0 Å². The first-order chi connectivity index (χ1) is 6.16. The molecule has 0 radical (unpaired) electrons. The van der Waals surface area contributed by atoms with Crippen molar-refractivity contribution in [1.82, 2.24) is 0 Å². The lowest BCUT2D eigenvalue weighted by atomic mass is 10.0. The third-order valence-corrected chi connectivity index (χ3v) is 2.35. The Kier molecular flexibility index (Phi) is 3.43. The van der Waals surface area contributed by atoms with Crippen molar-refractivity contribution < 1.29 is 4.79 Å². The van der Waals surface area contributed by atoms with Gasteiger partial charge in [-0.05, 0) is 25.0 Å². The molecule has 0 aliphatic heterocycles. The second-order valence-electron chi connectivity index (χ2n) is 2.88. The van der Waals surface area contributed by atoms with Gasteiger partial charge in [0, 0.05) is 10.1 Å². The quantitative estimate of drug-likeness (QED) is 0.571. The number of halogens is 1. The van der Waals surface area contributed by atoms with E-state index in [-0.39, 0.29) is 0 Å². The van der Waals surface area contributed by atoms with Crippen molar-refractivity contribution in [3.8, 4) is 0 Å². The van der Waals surface area contributed by atoms with Gasteiger partial charge in [-0.3, -0.25) is 4.79 Å². The number of rotatable bonds is 2. The zero-order valence-electron chi connectivity index (χ0n) is 7.67. The molecule has 68 valence electrons. The Balaban J connectivity index is 3.29. The molecule has 0 aliphatic carbocycles. The average molecular weight is 239 g/mol. The van der Waals surface area contributed by atoms with Gasteiger partial charge in [-0.15, -0.1) is 0 Å². The second-order valence-corrected chi connectivity index (χ2v) is 4.07. The lowest BCUT2D eigenvalue weighted by Crippen LogP contribution is -1.90. The summed E-state index contributed by atoms with van der Waals surface area (Å²) >= 11 is 3.32. The molecule has 0 aliphatic rings. The van der Waals surface area contributed by atoms with Gasteiger partial charge in [0.1, 0.15) is 0 Å². The van der Waals surface area contributed by atoms with E-state index in [1.165, 1.54) is 0 Å². The fourth-order valence-electron chi connectivity index (χ4n) is 1.21. The maximum absolute atomic E-state index is 10.8. The van der Waals surface area contributed by atoms with Crippen LogP contribution in [0.3, 0.4) is 0 Å². The minimum absolute atomic E-state index is 0.720. The van der Waals surface area contributed by atoms with Crippen molar-refractivity contribution in [2.24, 2.45) is 0 Å². The summed E-state index contributed by atoms with van der Waals surface area (Å²) < 4.78 is 0.872. The zero-order chi connectivity index (χ0) is 9.84. The highest BCUT2D eigenvalue weighted by atomic mass is 79.9. The Labute approximate surface area is 86.6 Å². The first-order valence-electron chi connectivity index (χ1n) is 4.04. The SMILES string of the molecule is C/C(Br)=C(/C=O)c1ccccc1C. The van der Waals surface area contributed by atoms with Crippen molar-refractivity contribution in [2.75, 3.05) is 0 Å². The monoisotopic (exact) mass is 238 g/mol. The molecule has 0 N–H and O–H groups in total. The maximum Gasteiger partial charge on any atom is 0.151 e. The van der Waals surface area contributed by atoms with Gasteiger partial charge in [0.15, 0.2) is 6.29 Å². The Hall–Kier alpha value is -0.890. The van der Waals surface area contributed by atoms with Crippen molar-refractivity contribution in [2.45, 2.75) is 13.8 Å². The van der Waals surface area contributed by atoms with E-state index in [1.807, 2.05) is 38.1 Å². The van der Waals surface area contributed by atoms with Crippen LogP contribution in [0.2, 0.25) is 0 Å². The molecule has 0 saturated carbocycles. The molecule has 13 heavy (non-hydrogen) atoms. The molecule has 1 aromatic carbocycles. The minimum Gasteiger partial charge on any atom is -0.298 e. The Morgan fingerprint density at radius 1 is 1.38 bits per heavy atom. The summed E-state index contributed by atoms with van der Waals surface area (Å²) in [5, 5.41) is 0. The van der Waals surface area contributed by atoms with Crippen molar-refractivity contribution in [3.63, 3.8) is 0 Å². The highest BCUT2D eigenvalue weighted by molar-refractivity contribution is 9.11. The molecule has 0 bridgehead atoms. The number of allylic oxidation sites excluding steroid dienone is 2. The van der Waals surface area contributed by atoms with E-state index in [0.717, 1.165) is 27.5 Å². The summed E-state index contributed by atoms with van der Waals surface area (Å²) in [6.07, 6.45) is 0.881. The Morgan fingerprint density at radius 2 is 2.00 bits per heavy atom. The maximum atomic E-state index is 10.8. The first-order valence-corrected chi connectivity index (χ1v) is 4.83. The molecule has 0 atom stereocenters. The van der Waals surface area contributed by atoms with Crippen LogP contribution < -0.4 is 0 Å². The molecule has 1 nitrogen and oxygen atoms in total. The van der Waals surface area contributed by atoms with Crippen LogP contribution >= 0.6 is 15.9 Å². The van der Waals surface area contributed by atoms with Crippen LogP contribution in [0.25, 0.3) is 5.57 Å². The minimum atomic E-state index is 0.720. The summed E-state index contributed by atoms with van der Waals surface area (Å²) in [7, 11) is 0. The van der Waals surface area contributed by atoms with Crippen LogP contribution in [0, 0.1) is 6.92 Å². The number of hydrogen-bond donors (Lipinski definition) is 0. The van der Waals surface area contributed by atoms with Gasteiger partial charge in [0.25, 0.3) is 0 Å². The highest BCUT2D eigenvalue weighted by Gasteiger charge is 2.04. The lowest BCUT2D eigenvalue weighted by Gasteiger charge is -2.05. The summed E-state index contributed by atoms with van der Waals surface area (Å²) in [5.41, 5.74) is 2.83. The first kappa shape index (κ1) is 10.2. The fourth-order valence-corrected chi connectivity index (χ4v) is 1.51. The van der Waals surface area contributed by atoms with Crippen molar-refractivity contribution in [3.05, 3.63) is 39.9 Å². The highest BCUT2D eigenvalue weighted by Crippen LogP contribution is 2.22. The average Bonchev–Trinajstić information content (AvgIpc) is 2.09. The topological polar surface area (TPSA) is 17.1 Å². The van der Waals surface area contributed by atoms with Crippen LogP contribution in [0.4, 0.5) is 0 Å². The number of aldehydes is 1. The zero-order valence-corrected chi connectivity index (χ0v) is 9.26. The van der Waals surface area contributed by atoms with Crippen LogP contribution in [0.1, 0.15) is 18.1 Å².